The molecule has 1 amide bonds. The highest BCUT2D eigenvalue weighted by molar-refractivity contribution is 5.68. The summed E-state index contributed by atoms with van der Waals surface area (Å²) in [5.74, 6) is 0.294. The summed E-state index contributed by atoms with van der Waals surface area (Å²) < 4.78 is 5.21. The number of nitrogens with two attached hydrogens (primary N) is 1. The van der Waals surface area contributed by atoms with Crippen LogP contribution in [0.15, 0.2) is 0 Å². The van der Waals surface area contributed by atoms with Gasteiger partial charge in [-0.3, -0.25) is 0 Å². The van der Waals surface area contributed by atoms with Crippen molar-refractivity contribution in [1.82, 2.24) is 5.32 Å². The van der Waals surface area contributed by atoms with Gasteiger partial charge in [0.1, 0.15) is 5.60 Å². The minimum Gasteiger partial charge on any atom is -0.444 e. The molecule has 0 radical (unpaired) electrons. The van der Waals surface area contributed by atoms with Crippen LogP contribution in [0.5, 0.6) is 0 Å². The molecule has 0 spiro atoms. The Morgan fingerprint density at radius 3 is 2.19 bits per heavy atom. The van der Waals surface area contributed by atoms with Crippen molar-refractivity contribution >= 4 is 6.09 Å². The molecule has 0 bridgehead atoms. The molecule has 2 atom stereocenters. The summed E-state index contributed by atoms with van der Waals surface area (Å²) in [5.41, 5.74) is 5.49. The van der Waals surface area contributed by atoms with Crippen molar-refractivity contribution in [3.8, 4) is 0 Å². The summed E-state index contributed by atoms with van der Waals surface area (Å²) in [4.78, 5) is 11.6. The number of hydrogen-bond donors (Lipinski definition) is 2. The highest BCUT2D eigenvalue weighted by atomic mass is 16.6. The van der Waals surface area contributed by atoms with Crippen LogP contribution >= 0.6 is 0 Å². The van der Waals surface area contributed by atoms with Crippen LogP contribution in [0.2, 0.25) is 0 Å². The molecule has 0 aromatic carbocycles. The zero-order valence-electron chi connectivity index (χ0n) is 11.3. The normalized spacial score (nSPS) is 15.8. The lowest BCUT2D eigenvalue weighted by Gasteiger charge is -2.29. The van der Waals surface area contributed by atoms with E-state index in [1.807, 2.05) is 41.5 Å². The van der Waals surface area contributed by atoms with E-state index in [0.717, 1.165) is 6.42 Å². The van der Waals surface area contributed by atoms with E-state index in [1.54, 1.807) is 0 Å². The number of nitrogens with one attached hydrogen (secondary N) is 1. The molecule has 3 N–H and O–H groups in total. The summed E-state index contributed by atoms with van der Waals surface area (Å²) in [6.45, 7) is 11.6. The van der Waals surface area contributed by atoms with E-state index in [-0.39, 0.29) is 12.1 Å². The molecule has 0 aliphatic rings. The molecule has 0 fully saturated rings. The monoisotopic (exact) mass is 230 g/mol. The number of carbonyl (C=O) groups excluding carboxylic acids is 1. The van der Waals surface area contributed by atoms with Crippen LogP contribution in [-0.4, -0.2) is 23.8 Å². The molecule has 0 aliphatic carbocycles. The average Bonchev–Trinajstić information content (AvgIpc) is 2.09. The molecule has 0 aromatic rings. The number of rotatable bonds is 4. The van der Waals surface area contributed by atoms with E-state index < -0.39 is 11.7 Å². The van der Waals surface area contributed by atoms with Crippen LogP contribution < -0.4 is 11.1 Å². The highest BCUT2D eigenvalue weighted by Crippen LogP contribution is 2.11. The molecule has 0 aromatic heterocycles. The van der Waals surface area contributed by atoms with Gasteiger partial charge in [-0.15, -0.1) is 0 Å². The maximum Gasteiger partial charge on any atom is 0.407 e. The molecule has 96 valence electrons. The second-order valence-electron chi connectivity index (χ2n) is 5.49. The van der Waals surface area contributed by atoms with Crippen LogP contribution in [0.3, 0.4) is 0 Å². The second-order valence-corrected chi connectivity index (χ2v) is 5.49. The lowest BCUT2D eigenvalue weighted by atomic mass is 9.95. The maximum absolute atomic E-state index is 11.6. The van der Waals surface area contributed by atoms with E-state index in [2.05, 4.69) is 5.32 Å². The first-order valence-electron chi connectivity index (χ1n) is 5.92. The van der Waals surface area contributed by atoms with Gasteiger partial charge in [0.2, 0.25) is 0 Å². The highest BCUT2D eigenvalue weighted by Gasteiger charge is 2.24. The molecule has 0 saturated carbocycles. The van der Waals surface area contributed by atoms with Crippen molar-refractivity contribution in [3.05, 3.63) is 0 Å². The van der Waals surface area contributed by atoms with Crippen molar-refractivity contribution in [2.45, 2.75) is 65.6 Å². The predicted octanol–water partition coefficient (Wildman–Crippen LogP) is 2.27. The third-order valence-electron chi connectivity index (χ3n) is 2.33. The van der Waals surface area contributed by atoms with E-state index >= 15 is 0 Å². The van der Waals surface area contributed by atoms with Crippen LogP contribution in [0, 0.1) is 5.92 Å². The zero-order chi connectivity index (χ0) is 12.9. The lowest BCUT2D eigenvalue weighted by Crippen LogP contribution is -2.51. The Labute approximate surface area is 98.9 Å². The van der Waals surface area contributed by atoms with E-state index in [9.17, 15) is 4.79 Å². The smallest absolute Gasteiger partial charge is 0.407 e. The minimum absolute atomic E-state index is 0.0347. The van der Waals surface area contributed by atoms with Gasteiger partial charge in [-0.25, -0.2) is 4.79 Å². The van der Waals surface area contributed by atoms with Crippen LogP contribution in [0.1, 0.15) is 48.0 Å². The fourth-order valence-corrected chi connectivity index (χ4v) is 1.47. The first-order chi connectivity index (χ1) is 7.17. The maximum atomic E-state index is 11.6. The summed E-state index contributed by atoms with van der Waals surface area (Å²) >= 11 is 0. The van der Waals surface area contributed by atoms with Gasteiger partial charge in [-0.05, 0) is 33.1 Å². The number of hydrogen-bond acceptors (Lipinski definition) is 3. The summed E-state index contributed by atoms with van der Waals surface area (Å²) in [7, 11) is 0. The van der Waals surface area contributed by atoms with Crippen molar-refractivity contribution < 1.29 is 9.53 Å². The molecular weight excluding hydrogens is 204 g/mol. The van der Waals surface area contributed by atoms with Crippen molar-refractivity contribution in [3.63, 3.8) is 0 Å². The number of alkyl carbamates (subject to hydrolysis) is 1. The molecule has 0 aliphatic heterocycles. The molecule has 0 heterocycles. The first kappa shape index (κ1) is 15.2. The standard InChI is InChI=1S/C12H26N2O2/c1-7-9(13)10(8(2)3)14-11(15)16-12(4,5)6/h8-10H,7,13H2,1-6H3,(H,14,15)/t9-,10+/m1/s1. The molecule has 16 heavy (non-hydrogen) atoms. The minimum atomic E-state index is -0.470. The fourth-order valence-electron chi connectivity index (χ4n) is 1.47. The molecule has 4 nitrogen and oxygen atoms in total. The van der Waals surface area contributed by atoms with Crippen molar-refractivity contribution in [2.24, 2.45) is 11.7 Å². The molecule has 0 rings (SSSR count). The topological polar surface area (TPSA) is 64.3 Å². The average molecular weight is 230 g/mol. The van der Waals surface area contributed by atoms with E-state index in [0.29, 0.717) is 5.92 Å². The van der Waals surface area contributed by atoms with E-state index in [4.69, 9.17) is 10.5 Å². The van der Waals surface area contributed by atoms with Gasteiger partial charge in [0.05, 0.1) is 0 Å². The SMILES string of the molecule is CC[C@@H](N)[C@@H](NC(=O)OC(C)(C)C)C(C)C. The van der Waals surface area contributed by atoms with Crippen molar-refractivity contribution in [1.29, 1.82) is 0 Å². The van der Waals surface area contributed by atoms with Gasteiger partial charge in [0.25, 0.3) is 0 Å². The van der Waals surface area contributed by atoms with Gasteiger partial charge >= 0.3 is 6.09 Å². The summed E-state index contributed by atoms with van der Waals surface area (Å²) in [5, 5.41) is 2.84. The summed E-state index contributed by atoms with van der Waals surface area (Å²) in [6, 6.07) is -0.0765. The second kappa shape index (κ2) is 6.09. The molecule has 0 saturated heterocycles. The Hall–Kier alpha value is -0.770. The Kier molecular flexibility index (Phi) is 5.79. The third-order valence-corrected chi connectivity index (χ3v) is 2.33. The van der Waals surface area contributed by atoms with Gasteiger partial charge in [0, 0.05) is 12.1 Å². The van der Waals surface area contributed by atoms with Gasteiger partial charge in [0.15, 0.2) is 0 Å². The third kappa shape index (κ3) is 5.95. The van der Waals surface area contributed by atoms with Crippen molar-refractivity contribution in [2.75, 3.05) is 0 Å². The van der Waals surface area contributed by atoms with Gasteiger partial charge in [-0.2, -0.15) is 0 Å². The van der Waals surface area contributed by atoms with Gasteiger partial charge < -0.3 is 15.8 Å². The lowest BCUT2D eigenvalue weighted by molar-refractivity contribution is 0.0480. The number of carbonyl (C=O) groups is 1. The predicted molar refractivity (Wildman–Crippen MR) is 66.3 cm³/mol. The molecular formula is C12H26N2O2. The van der Waals surface area contributed by atoms with Crippen LogP contribution in [0.25, 0.3) is 0 Å². The van der Waals surface area contributed by atoms with E-state index in [1.165, 1.54) is 0 Å². The Morgan fingerprint density at radius 2 is 1.88 bits per heavy atom. The Bertz CT molecular complexity index is 222. The number of amides is 1. The van der Waals surface area contributed by atoms with Gasteiger partial charge in [-0.1, -0.05) is 20.8 Å². The first-order valence-corrected chi connectivity index (χ1v) is 5.92. The Morgan fingerprint density at radius 1 is 1.38 bits per heavy atom. The Balaban J connectivity index is 4.36. The van der Waals surface area contributed by atoms with Crippen LogP contribution in [0.4, 0.5) is 4.79 Å². The number of ether oxygens (including phenoxy) is 1. The zero-order valence-corrected chi connectivity index (χ0v) is 11.3. The molecule has 0 unspecified atom stereocenters. The summed E-state index contributed by atoms with van der Waals surface area (Å²) in [6.07, 6.45) is 0.439. The largest absolute Gasteiger partial charge is 0.444 e. The fraction of sp³-hybridized carbons (Fsp3) is 0.917. The molecule has 4 heteroatoms. The quantitative estimate of drug-likeness (QED) is 0.778. The van der Waals surface area contributed by atoms with Crippen LogP contribution in [-0.2, 0) is 4.74 Å².